The molecule has 0 bridgehead atoms. The Morgan fingerprint density at radius 1 is 1.30 bits per heavy atom. The summed E-state index contributed by atoms with van der Waals surface area (Å²) >= 11 is 0. The van der Waals surface area contributed by atoms with Crippen LogP contribution in [0.3, 0.4) is 0 Å². The number of carbonyl (C=O) groups excluding carboxylic acids is 2. The molecule has 0 aromatic heterocycles. The number of amides is 2. The van der Waals surface area contributed by atoms with Gasteiger partial charge in [-0.2, -0.15) is 0 Å². The fourth-order valence-corrected chi connectivity index (χ4v) is 2.47. The molecular weight excluding hydrogens is 299 g/mol. The lowest BCUT2D eigenvalue weighted by molar-refractivity contribution is -0.143. The van der Waals surface area contributed by atoms with Gasteiger partial charge < -0.3 is 15.0 Å². The van der Waals surface area contributed by atoms with E-state index in [1.54, 1.807) is 4.90 Å². The van der Waals surface area contributed by atoms with Crippen molar-refractivity contribution in [3.05, 3.63) is 30.1 Å². The van der Waals surface area contributed by atoms with Crippen molar-refractivity contribution in [1.82, 2.24) is 4.90 Å². The number of carbonyl (C=O) groups is 2. The van der Waals surface area contributed by atoms with Gasteiger partial charge in [-0.25, -0.2) is 4.39 Å². The van der Waals surface area contributed by atoms with Gasteiger partial charge in [0.15, 0.2) is 0 Å². The Morgan fingerprint density at radius 3 is 2.48 bits per heavy atom. The molecule has 1 aromatic carbocycles. The average molecular weight is 322 g/mol. The van der Waals surface area contributed by atoms with Gasteiger partial charge >= 0.3 is 0 Å². The van der Waals surface area contributed by atoms with Crippen LogP contribution in [0.25, 0.3) is 0 Å². The van der Waals surface area contributed by atoms with Crippen LogP contribution in [0.15, 0.2) is 24.3 Å². The first kappa shape index (κ1) is 17.4. The fraction of sp³-hybridized carbons (Fsp3) is 0.529. The number of rotatable bonds is 4. The van der Waals surface area contributed by atoms with Crippen molar-refractivity contribution >= 4 is 17.5 Å². The summed E-state index contributed by atoms with van der Waals surface area (Å²) in [4.78, 5) is 26.5. The summed E-state index contributed by atoms with van der Waals surface area (Å²) in [7, 11) is 0. The summed E-state index contributed by atoms with van der Waals surface area (Å²) in [5.41, 5.74) is 0.0294. The first-order chi connectivity index (χ1) is 10.8. The van der Waals surface area contributed by atoms with Crippen molar-refractivity contribution < 1.29 is 18.7 Å². The Kier molecular flexibility index (Phi) is 5.36. The Bertz CT molecular complexity index is 560. The van der Waals surface area contributed by atoms with E-state index in [1.807, 2.05) is 20.8 Å². The second kappa shape index (κ2) is 7.08. The second-order valence-corrected chi connectivity index (χ2v) is 6.71. The third-order valence-corrected chi connectivity index (χ3v) is 3.78. The van der Waals surface area contributed by atoms with Crippen LogP contribution in [-0.2, 0) is 14.3 Å². The molecule has 126 valence electrons. The van der Waals surface area contributed by atoms with Gasteiger partial charge in [0, 0.05) is 17.8 Å². The van der Waals surface area contributed by atoms with E-state index in [1.165, 1.54) is 24.3 Å². The van der Waals surface area contributed by atoms with E-state index in [-0.39, 0.29) is 30.1 Å². The number of hydrogen-bond donors (Lipinski definition) is 1. The highest BCUT2D eigenvalue weighted by Crippen LogP contribution is 2.22. The number of anilines is 1. The first-order valence-electron chi connectivity index (χ1n) is 7.72. The summed E-state index contributed by atoms with van der Waals surface area (Å²) < 4.78 is 18.2. The lowest BCUT2D eigenvalue weighted by Crippen LogP contribution is -2.51. The molecular formula is C17H23FN2O3. The van der Waals surface area contributed by atoms with Crippen LogP contribution in [0.2, 0.25) is 0 Å². The summed E-state index contributed by atoms with van der Waals surface area (Å²) in [6, 6.07) is 5.53. The molecule has 5 nitrogen and oxygen atoms in total. The molecule has 1 aliphatic rings. The van der Waals surface area contributed by atoms with Gasteiger partial charge in [-0.15, -0.1) is 0 Å². The molecule has 1 heterocycles. The van der Waals surface area contributed by atoms with E-state index in [4.69, 9.17) is 4.74 Å². The molecule has 23 heavy (non-hydrogen) atoms. The normalized spacial score (nSPS) is 17.8. The molecule has 1 N–H and O–H groups in total. The van der Waals surface area contributed by atoms with Gasteiger partial charge in [0.25, 0.3) is 0 Å². The maximum atomic E-state index is 12.9. The molecule has 1 atom stereocenters. The van der Waals surface area contributed by atoms with Crippen molar-refractivity contribution in [2.24, 2.45) is 5.92 Å². The number of nitrogens with one attached hydrogen (secondary N) is 1. The number of nitrogens with zero attached hydrogens (tertiary/aromatic N) is 1. The van der Waals surface area contributed by atoms with Crippen molar-refractivity contribution in [2.75, 3.05) is 25.1 Å². The quantitative estimate of drug-likeness (QED) is 0.926. The summed E-state index contributed by atoms with van der Waals surface area (Å²) in [5, 5.41) is 2.69. The lowest BCUT2D eigenvalue weighted by atomic mass is 10.0. The molecule has 0 spiro atoms. The highest BCUT2D eigenvalue weighted by Gasteiger charge is 2.34. The molecule has 1 unspecified atom stereocenters. The molecule has 6 heteroatoms. The van der Waals surface area contributed by atoms with Gasteiger partial charge in [0.05, 0.1) is 12.5 Å². The average Bonchev–Trinajstić information content (AvgIpc) is 2.99. The third-order valence-electron chi connectivity index (χ3n) is 3.78. The molecule has 0 radical (unpaired) electrons. The van der Waals surface area contributed by atoms with Crippen molar-refractivity contribution in [2.45, 2.75) is 32.7 Å². The zero-order chi connectivity index (χ0) is 17.0. The Balaban J connectivity index is 2.03. The molecule has 1 fully saturated rings. The minimum absolute atomic E-state index is 0.0454. The minimum atomic E-state index is -0.472. The molecule has 1 aliphatic heterocycles. The number of benzene rings is 1. The largest absolute Gasteiger partial charge is 0.381 e. The monoisotopic (exact) mass is 322 g/mol. The predicted octanol–water partition coefficient (Wildman–Crippen LogP) is 2.43. The smallest absolute Gasteiger partial charge is 0.244 e. The second-order valence-electron chi connectivity index (χ2n) is 6.71. The zero-order valence-corrected chi connectivity index (χ0v) is 13.8. The predicted molar refractivity (Wildman–Crippen MR) is 85.4 cm³/mol. The summed E-state index contributed by atoms with van der Waals surface area (Å²) in [6.07, 6.45) is 0.686. The van der Waals surface area contributed by atoms with Crippen molar-refractivity contribution in [3.8, 4) is 0 Å². The first-order valence-corrected chi connectivity index (χ1v) is 7.72. The van der Waals surface area contributed by atoms with Crippen LogP contribution in [0.4, 0.5) is 10.1 Å². The molecule has 2 amide bonds. The SMILES string of the molecule is CC(C)(C)N(CC(=O)Nc1ccc(F)cc1)C(=O)C1CCOC1. The van der Waals surface area contributed by atoms with Crippen LogP contribution < -0.4 is 5.32 Å². The van der Waals surface area contributed by atoms with E-state index >= 15 is 0 Å². The van der Waals surface area contributed by atoms with Crippen LogP contribution in [-0.4, -0.2) is 42.0 Å². The molecule has 0 aliphatic carbocycles. The third kappa shape index (κ3) is 4.76. The Morgan fingerprint density at radius 2 is 1.96 bits per heavy atom. The lowest BCUT2D eigenvalue weighted by Gasteiger charge is -2.36. The van der Waals surface area contributed by atoms with Crippen LogP contribution in [0.5, 0.6) is 0 Å². The van der Waals surface area contributed by atoms with Gasteiger partial charge in [-0.05, 0) is 51.5 Å². The highest BCUT2D eigenvalue weighted by atomic mass is 19.1. The van der Waals surface area contributed by atoms with Gasteiger partial charge in [0.2, 0.25) is 11.8 Å². The summed E-state index contributed by atoms with van der Waals surface area (Å²) in [5.74, 6) is -0.924. The van der Waals surface area contributed by atoms with Crippen molar-refractivity contribution in [3.63, 3.8) is 0 Å². The molecule has 1 aromatic rings. The van der Waals surface area contributed by atoms with Crippen LogP contribution in [0.1, 0.15) is 27.2 Å². The molecule has 0 saturated carbocycles. The number of ether oxygens (including phenoxy) is 1. The van der Waals surface area contributed by atoms with E-state index < -0.39 is 5.54 Å². The number of hydrogen-bond acceptors (Lipinski definition) is 3. The van der Waals surface area contributed by atoms with E-state index in [2.05, 4.69) is 5.32 Å². The zero-order valence-electron chi connectivity index (χ0n) is 13.8. The molecule has 2 rings (SSSR count). The van der Waals surface area contributed by atoms with E-state index in [9.17, 15) is 14.0 Å². The highest BCUT2D eigenvalue weighted by molar-refractivity contribution is 5.95. The van der Waals surface area contributed by atoms with Crippen LogP contribution in [0, 0.1) is 11.7 Å². The minimum Gasteiger partial charge on any atom is -0.381 e. The Labute approximate surface area is 135 Å². The van der Waals surface area contributed by atoms with Gasteiger partial charge in [-0.3, -0.25) is 9.59 Å². The van der Waals surface area contributed by atoms with E-state index in [0.29, 0.717) is 25.3 Å². The van der Waals surface area contributed by atoms with Crippen LogP contribution >= 0.6 is 0 Å². The standard InChI is InChI=1S/C17H23FN2O3/c1-17(2,3)20(16(22)12-8-9-23-11-12)10-15(21)19-14-6-4-13(18)5-7-14/h4-7,12H,8-11H2,1-3H3,(H,19,21). The maximum Gasteiger partial charge on any atom is 0.244 e. The molecule has 1 saturated heterocycles. The number of halogens is 1. The van der Waals surface area contributed by atoms with Gasteiger partial charge in [0.1, 0.15) is 12.4 Å². The topological polar surface area (TPSA) is 58.6 Å². The summed E-state index contributed by atoms with van der Waals surface area (Å²) in [6.45, 7) is 6.63. The van der Waals surface area contributed by atoms with E-state index in [0.717, 1.165) is 0 Å². The maximum absolute atomic E-state index is 12.9. The fourth-order valence-electron chi connectivity index (χ4n) is 2.47. The van der Waals surface area contributed by atoms with Crippen molar-refractivity contribution in [1.29, 1.82) is 0 Å². The van der Waals surface area contributed by atoms with Gasteiger partial charge in [-0.1, -0.05) is 0 Å². The Hall–Kier alpha value is -1.95.